The summed E-state index contributed by atoms with van der Waals surface area (Å²) in [6.07, 6.45) is 0. The van der Waals surface area contributed by atoms with Crippen molar-refractivity contribution in [2.45, 2.75) is 5.41 Å². The monoisotopic (exact) mass is 844 g/mol. The highest BCUT2D eigenvalue weighted by atomic mass is 14.5. The van der Waals surface area contributed by atoms with Crippen LogP contribution in [0.25, 0.3) is 120 Å². The normalized spacial score (nSPS) is 13.2. The largest absolute Gasteiger partial charge is 0.0737 e. The van der Waals surface area contributed by atoms with Gasteiger partial charge in [-0.25, -0.2) is 0 Å². The first kappa shape index (κ1) is 36.7. The van der Waals surface area contributed by atoms with Gasteiger partial charge in [0.2, 0.25) is 0 Å². The van der Waals surface area contributed by atoms with Gasteiger partial charge >= 0.3 is 0 Å². The molecule has 13 aromatic carbocycles. The Morgan fingerprint density at radius 2 is 0.642 bits per heavy atom. The molecule has 0 bridgehead atoms. The van der Waals surface area contributed by atoms with Crippen molar-refractivity contribution in [2.24, 2.45) is 0 Å². The van der Waals surface area contributed by atoms with Gasteiger partial charge in [-0.2, -0.15) is 0 Å². The summed E-state index contributed by atoms with van der Waals surface area (Å²) < 4.78 is 0. The molecule has 13 aromatic rings. The van der Waals surface area contributed by atoms with Crippen LogP contribution in [0.2, 0.25) is 0 Å². The highest BCUT2D eigenvalue weighted by Gasteiger charge is 2.53. The van der Waals surface area contributed by atoms with Crippen LogP contribution in [0.5, 0.6) is 0 Å². The highest BCUT2D eigenvalue weighted by molar-refractivity contribution is 6.26. The fraction of sp³-hybridized carbons (Fsp3) is 0.0149. The maximum atomic E-state index is 2.42. The van der Waals surface area contributed by atoms with Crippen molar-refractivity contribution in [1.82, 2.24) is 0 Å². The van der Waals surface area contributed by atoms with E-state index in [1.165, 1.54) is 143 Å². The van der Waals surface area contributed by atoms with Gasteiger partial charge in [0.15, 0.2) is 0 Å². The van der Waals surface area contributed by atoms with E-state index >= 15 is 0 Å². The van der Waals surface area contributed by atoms with Gasteiger partial charge < -0.3 is 0 Å². The molecule has 0 atom stereocenters. The lowest BCUT2D eigenvalue weighted by molar-refractivity contribution is 0.809. The molecule has 0 aliphatic heterocycles. The number of hydrogen-bond acceptors (Lipinski definition) is 0. The standard InChI is InChI=1S/C67H40/c1-4-18-48-42(15-1)33-37-58-59-38-35-46-39-44(34-36-49(46)66(59)67(65(48)58)61-27-13-11-21-52(61)53-22-12-14-28-62(53)67)41-29-31-43(32-30-41)63-54-23-7-9-25-56(54)64(57-26-10-8-24-55(57)63)60-40-45-16-2-3-17-47(45)50-19-5-6-20-51(50)60/h1-40H. The third-order valence-corrected chi connectivity index (χ3v) is 15.4. The van der Waals surface area contributed by atoms with Gasteiger partial charge in [-0.3, -0.25) is 0 Å². The SMILES string of the molecule is c1ccc2c(c1)-c1ccccc1C21c2c(ccc3ccccc23)-c2ccc3cc(-c4ccc(-c5c6ccccc6c(-c6cc7ccccc7c7ccccc67)c6ccccc56)cc4)ccc3c21. The molecule has 15 rings (SSSR count). The zero-order chi connectivity index (χ0) is 43.8. The number of fused-ring (bicyclic) bond motifs is 19. The lowest BCUT2D eigenvalue weighted by atomic mass is 9.68. The molecule has 0 N–H and O–H groups in total. The molecule has 0 heterocycles. The van der Waals surface area contributed by atoms with Crippen molar-refractivity contribution in [1.29, 1.82) is 0 Å². The minimum atomic E-state index is -0.441. The molecule has 67 heavy (non-hydrogen) atoms. The molecule has 0 nitrogen and oxygen atoms in total. The quantitative estimate of drug-likeness (QED) is 0.123. The predicted molar refractivity (Wildman–Crippen MR) is 284 cm³/mol. The summed E-state index contributed by atoms with van der Waals surface area (Å²) >= 11 is 0. The predicted octanol–water partition coefficient (Wildman–Crippen LogP) is 18.0. The summed E-state index contributed by atoms with van der Waals surface area (Å²) in [6, 6.07) is 91.3. The molecule has 308 valence electrons. The fourth-order valence-corrected chi connectivity index (χ4v) is 12.8. The van der Waals surface area contributed by atoms with Gasteiger partial charge in [-0.15, -0.1) is 0 Å². The van der Waals surface area contributed by atoms with E-state index in [9.17, 15) is 0 Å². The van der Waals surface area contributed by atoms with Gasteiger partial charge in [0, 0.05) is 0 Å². The maximum absolute atomic E-state index is 2.42. The van der Waals surface area contributed by atoms with Gasteiger partial charge in [-0.1, -0.05) is 231 Å². The van der Waals surface area contributed by atoms with Gasteiger partial charge in [0.1, 0.15) is 0 Å². The van der Waals surface area contributed by atoms with E-state index in [0.717, 1.165) is 0 Å². The Labute approximate surface area is 388 Å². The molecule has 0 amide bonds. The molecule has 2 aliphatic rings. The Kier molecular flexibility index (Phi) is 7.52. The molecule has 0 fully saturated rings. The van der Waals surface area contributed by atoms with Crippen molar-refractivity contribution < 1.29 is 0 Å². The Bertz CT molecular complexity index is 4160. The number of rotatable bonds is 3. The maximum Gasteiger partial charge on any atom is 0.0737 e. The van der Waals surface area contributed by atoms with Gasteiger partial charge in [0.05, 0.1) is 5.41 Å². The van der Waals surface area contributed by atoms with Crippen molar-refractivity contribution in [3.63, 3.8) is 0 Å². The Balaban J connectivity index is 0.899. The molecular weight excluding hydrogens is 805 g/mol. The second-order valence-electron chi connectivity index (χ2n) is 18.6. The molecule has 0 unspecified atom stereocenters. The van der Waals surface area contributed by atoms with E-state index in [4.69, 9.17) is 0 Å². The van der Waals surface area contributed by atoms with Crippen LogP contribution in [-0.2, 0) is 5.41 Å². The lowest BCUT2D eigenvalue weighted by Crippen LogP contribution is -2.26. The van der Waals surface area contributed by atoms with Crippen molar-refractivity contribution in [3.05, 3.63) is 265 Å². The van der Waals surface area contributed by atoms with Crippen molar-refractivity contribution >= 4 is 64.6 Å². The summed E-state index contributed by atoms with van der Waals surface area (Å²) in [5.74, 6) is 0. The van der Waals surface area contributed by atoms with Crippen LogP contribution in [0.1, 0.15) is 22.3 Å². The minimum absolute atomic E-state index is 0.441. The molecule has 0 saturated heterocycles. The van der Waals surface area contributed by atoms with E-state index < -0.39 is 5.41 Å². The number of benzene rings is 13. The molecule has 2 aliphatic carbocycles. The van der Waals surface area contributed by atoms with E-state index in [-0.39, 0.29) is 0 Å². The molecule has 0 aromatic heterocycles. The van der Waals surface area contributed by atoms with Crippen LogP contribution in [0.4, 0.5) is 0 Å². The minimum Gasteiger partial charge on any atom is -0.0619 e. The van der Waals surface area contributed by atoms with Crippen LogP contribution >= 0.6 is 0 Å². The second-order valence-corrected chi connectivity index (χ2v) is 18.6. The third-order valence-electron chi connectivity index (χ3n) is 15.4. The van der Waals surface area contributed by atoms with Gasteiger partial charge in [0.25, 0.3) is 0 Å². The average molecular weight is 845 g/mol. The van der Waals surface area contributed by atoms with Gasteiger partial charge in [-0.05, 0) is 155 Å². The Hall–Kier alpha value is -8.58. The first-order valence-electron chi connectivity index (χ1n) is 23.5. The van der Waals surface area contributed by atoms with E-state index in [2.05, 4.69) is 243 Å². The first-order valence-corrected chi connectivity index (χ1v) is 23.5. The fourth-order valence-electron chi connectivity index (χ4n) is 12.8. The smallest absolute Gasteiger partial charge is 0.0619 e. The topological polar surface area (TPSA) is 0 Å². The van der Waals surface area contributed by atoms with Crippen molar-refractivity contribution in [2.75, 3.05) is 0 Å². The summed E-state index contributed by atoms with van der Waals surface area (Å²) in [6.45, 7) is 0. The Morgan fingerprint density at radius 3 is 1.28 bits per heavy atom. The summed E-state index contributed by atoms with van der Waals surface area (Å²) in [5, 5.41) is 15.3. The van der Waals surface area contributed by atoms with E-state index in [1.54, 1.807) is 0 Å². The third kappa shape index (κ3) is 4.92. The first-order chi connectivity index (χ1) is 33.3. The van der Waals surface area contributed by atoms with Crippen LogP contribution in [-0.4, -0.2) is 0 Å². The van der Waals surface area contributed by atoms with E-state index in [0.29, 0.717) is 0 Å². The summed E-state index contributed by atoms with van der Waals surface area (Å²) in [5.41, 5.74) is 17.9. The van der Waals surface area contributed by atoms with E-state index in [1.807, 2.05) is 0 Å². The van der Waals surface area contributed by atoms with Crippen molar-refractivity contribution in [3.8, 4) is 55.6 Å². The lowest BCUT2D eigenvalue weighted by Gasteiger charge is -2.32. The molecule has 1 spiro atoms. The highest BCUT2D eigenvalue weighted by Crippen LogP contribution is 2.65. The second kappa shape index (κ2) is 13.7. The zero-order valence-electron chi connectivity index (χ0n) is 36.6. The zero-order valence-corrected chi connectivity index (χ0v) is 36.6. The summed E-state index contributed by atoms with van der Waals surface area (Å²) in [4.78, 5) is 0. The summed E-state index contributed by atoms with van der Waals surface area (Å²) in [7, 11) is 0. The molecule has 0 heteroatoms. The van der Waals surface area contributed by atoms with Crippen LogP contribution in [0, 0.1) is 0 Å². The molecule has 0 saturated carbocycles. The number of hydrogen-bond donors (Lipinski definition) is 0. The average Bonchev–Trinajstić information content (AvgIpc) is 3.87. The molecule has 0 radical (unpaired) electrons. The molecular formula is C67H40. The van der Waals surface area contributed by atoms with Crippen LogP contribution < -0.4 is 0 Å². The van der Waals surface area contributed by atoms with Crippen LogP contribution in [0.3, 0.4) is 0 Å². The van der Waals surface area contributed by atoms with Crippen LogP contribution in [0.15, 0.2) is 243 Å². The Morgan fingerprint density at radius 1 is 0.209 bits per heavy atom.